The van der Waals surface area contributed by atoms with Crippen LogP contribution in [-0.2, 0) is 30.3 Å². The Morgan fingerprint density at radius 1 is 0.913 bits per heavy atom. The van der Waals surface area contributed by atoms with Crippen LogP contribution in [0.4, 0.5) is 0 Å². The average Bonchev–Trinajstić information content (AvgIpc) is 2.52. The molecule has 0 fully saturated rings. The van der Waals surface area contributed by atoms with Gasteiger partial charge in [0.05, 0.1) is 13.2 Å². The van der Waals surface area contributed by atoms with Crippen LogP contribution in [0.1, 0.15) is 36.7 Å². The van der Waals surface area contributed by atoms with Gasteiger partial charge in [0.1, 0.15) is 0 Å². The third-order valence-corrected chi connectivity index (χ3v) is 3.12. The van der Waals surface area contributed by atoms with Gasteiger partial charge < -0.3 is 9.47 Å². The SMILES string of the molecule is CCOC(=O)C(Cc1ccc(C(=O)C(C)=O)cc1)C(=O)OCC. The van der Waals surface area contributed by atoms with Gasteiger partial charge in [0.2, 0.25) is 5.78 Å². The van der Waals surface area contributed by atoms with Crippen LogP contribution in [0.15, 0.2) is 24.3 Å². The lowest BCUT2D eigenvalue weighted by Crippen LogP contribution is -2.30. The molecular weight excluding hydrogens is 300 g/mol. The molecule has 0 atom stereocenters. The van der Waals surface area contributed by atoms with Gasteiger partial charge in [-0.2, -0.15) is 0 Å². The van der Waals surface area contributed by atoms with E-state index >= 15 is 0 Å². The van der Waals surface area contributed by atoms with Gasteiger partial charge in [0.15, 0.2) is 11.7 Å². The Morgan fingerprint density at radius 2 is 1.39 bits per heavy atom. The van der Waals surface area contributed by atoms with Gasteiger partial charge in [0, 0.05) is 12.5 Å². The van der Waals surface area contributed by atoms with E-state index in [9.17, 15) is 19.2 Å². The fourth-order valence-corrected chi connectivity index (χ4v) is 1.98. The van der Waals surface area contributed by atoms with Crippen molar-refractivity contribution >= 4 is 23.5 Å². The van der Waals surface area contributed by atoms with Crippen molar-refractivity contribution in [2.75, 3.05) is 13.2 Å². The summed E-state index contributed by atoms with van der Waals surface area (Å²) in [6.07, 6.45) is 0.103. The van der Waals surface area contributed by atoms with Crippen LogP contribution in [-0.4, -0.2) is 36.7 Å². The number of hydrogen-bond donors (Lipinski definition) is 0. The molecule has 0 bridgehead atoms. The first kappa shape index (κ1) is 18.5. The normalized spacial score (nSPS) is 10.3. The molecule has 0 heterocycles. The molecule has 0 spiro atoms. The molecule has 23 heavy (non-hydrogen) atoms. The summed E-state index contributed by atoms with van der Waals surface area (Å²) in [6, 6.07) is 6.18. The molecule has 0 saturated heterocycles. The monoisotopic (exact) mass is 320 g/mol. The van der Waals surface area contributed by atoms with Crippen molar-refractivity contribution in [3.63, 3.8) is 0 Å². The molecule has 6 nitrogen and oxygen atoms in total. The first-order chi connectivity index (χ1) is 10.9. The minimum absolute atomic E-state index is 0.103. The summed E-state index contributed by atoms with van der Waals surface area (Å²) in [5.41, 5.74) is 0.932. The van der Waals surface area contributed by atoms with Crippen molar-refractivity contribution < 1.29 is 28.7 Å². The van der Waals surface area contributed by atoms with Crippen LogP contribution in [0, 0.1) is 5.92 Å². The topological polar surface area (TPSA) is 86.7 Å². The quantitative estimate of drug-likeness (QED) is 0.314. The number of ketones is 2. The highest BCUT2D eigenvalue weighted by molar-refractivity contribution is 6.42. The fourth-order valence-electron chi connectivity index (χ4n) is 1.98. The van der Waals surface area contributed by atoms with Crippen LogP contribution < -0.4 is 0 Å². The first-order valence-corrected chi connectivity index (χ1v) is 7.38. The van der Waals surface area contributed by atoms with E-state index in [-0.39, 0.29) is 25.2 Å². The second kappa shape index (κ2) is 8.82. The maximum absolute atomic E-state index is 11.9. The molecule has 1 aromatic carbocycles. The molecule has 0 aliphatic heterocycles. The molecule has 6 heteroatoms. The Labute approximate surface area is 134 Å². The molecule has 0 radical (unpaired) electrons. The van der Waals surface area contributed by atoms with Gasteiger partial charge in [-0.05, 0) is 25.8 Å². The largest absolute Gasteiger partial charge is 0.465 e. The molecule has 1 aromatic rings. The molecular formula is C17H20O6. The van der Waals surface area contributed by atoms with Gasteiger partial charge in [-0.1, -0.05) is 24.3 Å². The molecule has 0 amide bonds. The molecule has 0 aliphatic carbocycles. The van der Waals surface area contributed by atoms with E-state index in [0.29, 0.717) is 5.56 Å². The number of carbonyl (C=O) groups excluding carboxylic acids is 4. The van der Waals surface area contributed by atoms with Crippen molar-refractivity contribution in [3.05, 3.63) is 35.4 Å². The lowest BCUT2D eigenvalue weighted by Gasteiger charge is -2.14. The van der Waals surface area contributed by atoms with Crippen LogP contribution in [0.25, 0.3) is 0 Å². The highest BCUT2D eigenvalue weighted by Crippen LogP contribution is 2.14. The standard InChI is InChI=1S/C17H20O6/c1-4-22-16(20)14(17(21)23-5-2)10-12-6-8-13(9-7-12)15(19)11(3)18/h6-9,14H,4-5,10H2,1-3H3. The number of esters is 2. The highest BCUT2D eigenvalue weighted by atomic mass is 16.6. The lowest BCUT2D eigenvalue weighted by atomic mass is 9.97. The Balaban J connectivity index is 2.90. The third kappa shape index (κ3) is 5.32. The predicted molar refractivity (Wildman–Crippen MR) is 81.9 cm³/mol. The molecule has 0 unspecified atom stereocenters. The highest BCUT2D eigenvalue weighted by Gasteiger charge is 2.29. The maximum atomic E-state index is 11.9. The Morgan fingerprint density at radius 3 is 1.78 bits per heavy atom. The summed E-state index contributed by atoms with van der Waals surface area (Å²) < 4.78 is 9.80. The predicted octanol–water partition coefficient (Wildman–Crippen LogP) is 1.74. The number of benzene rings is 1. The second-order valence-corrected chi connectivity index (χ2v) is 4.84. The van der Waals surface area contributed by atoms with E-state index in [0.717, 1.165) is 0 Å². The van der Waals surface area contributed by atoms with Crippen LogP contribution >= 0.6 is 0 Å². The van der Waals surface area contributed by atoms with Crippen molar-refractivity contribution in [2.24, 2.45) is 5.92 Å². The molecule has 0 aliphatic rings. The number of Topliss-reactive ketones (excluding diaryl/α,β-unsaturated/α-hetero) is 2. The van der Waals surface area contributed by atoms with Crippen molar-refractivity contribution in [1.82, 2.24) is 0 Å². The van der Waals surface area contributed by atoms with E-state index < -0.39 is 29.4 Å². The van der Waals surface area contributed by atoms with Crippen molar-refractivity contribution in [2.45, 2.75) is 27.2 Å². The van der Waals surface area contributed by atoms with Crippen molar-refractivity contribution in [3.8, 4) is 0 Å². The number of hydrogen-bond acceptors (Lipinski definition) is 6. The summed E-state index contributed by atoms with van der Waals surface area (Å²) >= 11 is 0. The van der Waals surface area contributed by atoms with Gasteiger partial charge in [0.25, 0.3) is 0 Å². The average molecular weight is 320 g/mol. The minimum atomic E-state index is -1.05. The fraction of sp³-hybridized carbons (Fsp3) is 0.412. The van der Waals surface area contributed by atoms with E-state index in [1.165, 1.54) is 19.1 Å². The molecule has 0 N–H and O–H groups in total. The Kier molecular flexibility index (Phi) is 7.12. The van der Waals surface area contributed by atoms with E-state index in [1.807, 2.05) is 0 Å². The van der Waals surface area contributed by atoms with Gasteiger partial charge in [-0.15, -0.1) is 0 Å². The number of carbonyl (C=O) groups is 4. The summed E-state index contributed by atoms with van der Waals surface area (Å²) in [5.74, 6) is -3.47. The van der Waals surface area contributed by atoms with Crippen LogP contribution in [0.5, 0.6) is 0 Å². The third-order valence-electron chi connectivity index (χ3n) is 3.12. The van der Waals surface area contributed by atoms with E-state index in [1.54, 1.807) is 26.0 Å². The first-order valence-electron chi connectivity index (χ1n) is 7.38. The smallest absolute Gasteiger partial charge is 0.320 e. The zero-order chi connectivity index (χ0) is 17.4. The molecule has 0 saturated carbocycles. The molecule has 124 valence electrons. The van der Waals surface area contributed by atoms with E-state index in [2.05, 4.69) is 0 Å². The maximum Gasteiger partial charge on any atom is 0.320 e. The van der Waals surface area contributed by atoms with Gasteiger partial charge in [-0.3, -0.25) is 19.2 Å². The van der Waals surface area contributed by atoms with Crippen LogP contribution in [0.2, 0.25) is 0 Å². The minimum Gasteiger partial charge on any atom is -0.465 e. The molecule has 0 aromatic heterocycles. The van der Waals surface area contributed by atoms with Crippen LogP contribution in [0.3, 0.4) is 0 Å². The Bertz CT molecular complexity index is 570. The number of rotatable bonds is 8. The summed E-state index contributed by atoms with van der Waals surface area (Å²) in [4.78, 5) is 46.4. The second-order valence-electron chi connectivity index (χ2n) is 4.84. The summed E-state index contributed by atoms with van der Waals surface area (Å²) in [6.45, 7) is 4.85. The molecule has 1 rings (SSSR count). The van der Waals surface area contributed by atoms with E-state index in [4.69, 9.17) is 9.47 Å². The lowest BCUT2D eigenvalue weighted by molar-refractivity contribution is -0.161. The number of ether oxygens (including phenoxy) is 2. The summed E-state index contributed by atoms with van der Waals surface area (Å²) in [5, 5.41) is 0. The van der Waals surface area contributed by atoms with Crippen molar-refractivity contribution in [1.29, 1.82) is 0 Å². The Hall–Kier alpha value is -2.50. The van der Waals surface area contributed by atoms with Gasteiger partial charge in [-0.25, -0.2) is 0 Å². The zero-order valence-corrected chi connectivity index (χ0v) is 13.5. The van der Waals surface area contributed by atoms with Gasteiger partial charge >= 0.3 is 11.9 Å². The summed E-state index contributed by atoms with van der Waals surface area (Å²) in [7, 11) is 0. The zero-order valence-electron chi connectivity index (χ0n) is 13.5.